The van der Waals surface area contributed by atoms with Gasteiger partial charge in [-0.15, -0.1) is 0 Å². The number of hydrogen-bond donors (Lipinski definition) is 8. The van der Waals surface area contributed by atoms with Crippen LogP contribution in [0.5, 0.6) is 0 Å². The van der Waals surface area contributed by atoms with Crippen molar-refractivity contribution < 1.29 is 43.8 Å². The van der Waals surface area contributed by atoms with Crippen molar-refractivity contribution in [1.82, 2.24) is 16.0 Å². The van der Waals surface area contributed by atoms with Gasteiger partial charge in [-0.05, 0) is 24.8 Å². The second-order valence-electron chi connectivity index (χ2n) is 8.76. The summed E-state index contributed by atoms with van der Waals surface area (Å²) in [5.74, 6) is -6.80. The van der Waals surface area contributed by atoms with Crippen LogP contribution < -0.4 is 33.2 Å². The molecule has 0 heterocycles. The minimum atomic E-state index is -1.51. The fraction of sp³-hybridized carbons (Fsp3) is 0.458. The van der Waals surface area contributed by atoms with Crippen LogP contribution in [0.4, 0.5) is 0 Å². The minimum Gasteiger partial charge on any atom is -0.481 e. The van der Waals surface area contributed by atoms with Gasteiger partial charge in [-0.2, -0.15) is 0 Å². The highest BCUT2D eigenvalue weighted by Crippen LogP contribution is 2.08. The standard InChI is InChI=1S/C24H34N6O9/c25-14(6-11-20(33)34)21(35)30-17(12-13-4-2-1-3-5-13)23(37)28-15(7-9-18(26)31)22(36)29-16(24(38)39)8-10-19(27)32/h1-5,14-17H,6-12,25H2,(H2,26,31)(H2,27,32)(H,28,37)(H,29,36)(H,30,35)(H,33,34)(H,38,39). The van der Waals surface area contributed by atoms with Crippen molar-refractivity contribution >= 4 is 41.5 Å². The Labute approximate surface area is 223 Å². The van der Waals surface area contributed by atoms with Crippen molar-refractivity contribution in [3.8, 4) is 0 Å². The summed E-state index contributed by atoms with van der Waals surface area (Å²) in [6.07, 6.45) is -1.88. The van der Waals surface area contributed by atoms with E-state index < -0.39 is 65.6 Å². The number of primary amides is 2. The van der Waals surface area contributed by atoms with Gasteiger partial charge in [0.25, 0.3) is 0 Å². The third kappa shape index (κ3) is 13.0. The Kier molecular flexibility index (Phi) is 13.6. The van der Waals surface area contributed by atoms with E-state index in [4.69, 9.17) is 22.3 Å². The molecule has 0 bridgehead atoms. The molecule has 39 heavy (non-hydrogen) atoms. The quantitative estimate of drug-likeness (QED) is 0.0950. The van der Waals surface area contributed by atoms with Gasteiger partial charge >= 0.3 is 11.9 Å². The lowest BCUT2D eigenvalue weighted by Gasteiger charge is -2.25. The van der Waals surface area contributed by atoms with Crippen LogP contribution in [0, 0.1) is 0 Å². The molecule has 1 aromatic carbocycles. The van der Waals surface area contributed by atoms with E-state index >= 15 is 0 Å². The maximum absolute atomic E-state index is 13.2. The summed E-state index contributed by atoms with van der Waals surface area (Å²) in [4.78, 5) is 83.4. The van der Waals surface area contributed by atoms with E-state index in [2.05, 4.69) is 16.0 Å². The summed E-state index contributed by atoms with van der Waals surface area (Å²) in [5, 5.41) is 25.3. The van der Waals surface area contributed by atoms with Crippen LogP contribution in [0.3, 0.4) is 0 Å². The molecule has 0 spiro atoms. The van der Waals surface area contributed by atoms with Crippen LogP contribution >= 0.6 is 0 Å². The number of aliphatic carboxylic acids is 2. The molecule has 0 saturated carbocycles. The van der Waals surface area contributed by atoms with Crippen molar-refractivity contribution in [3.05, 3.63) is 35.9 Å². The van der Waals surface area contributed by atoms with Crippen LogP contribution in [0.15, 0.2) is 30.3 Å². The van der Waals surface area contributed by atoms with E-state index in [0.29, 0.717) is 5.56 Å². The summed E-state index contributed by atoms with van der Waals surface area (Å²) in [6.45, 7) is 0. The number of carboxylic acids is 2. The highest BCUT2D eigenvalue weighted by molar-refractivity contribution is 5.94. The van der Waals surface area contributed by atoms with E-state index in [0.717, 1.165) is 0 Å². The molecular formula is C24H34N6O9. The molecule has 0 aliphatic carbocycles. The molecule has 0 fully saturated rings. The molecule has 0 saturated heterocycles. The molecule has 4 atom stereocenters. The predicted molar refractivity (Wildman–Crippen MR) is 135 cm³/mol. The Hall–Kier alpha value is -4.53. The highest BCUT2D eigenvalue weighted by atomic mass is 16.4. The van der Waals surface area contributed by atoms with Crippen LogP contribution in [-0.2, 0) is 40.0 Å². The molecule has 0 aliphatic rings. The number of hydrogen-bond acceptors (Lipinski definition) is 8. The van der Waals surface area contributed by atoms with E-state index in [1.807, 2.05) is 0 Å². The molecule has 214 valence electrons. The Morgan fingerprint density at radius 1 is 0.667 bits per heavy atom. The molecule has 0 aromatic heterocycles. The van der Waals surface area contributed by atoms with Crippen molar-refractivity contribution in [2.24, 2.45) is 17.2 Å². The number of nitrogens with two attached hydrogens (primary N) is 3. The Morgan fingerprint density at radius 3 is 1.67 bits per heavy atom. The van der Waals surface area contributed by atoms with Gasteiger partial charge in [-0.3, -0.25) is 28.8 Å². The van der Waals surface area contributed by atoms with Gasteiger partial charge in [-0.25, -0.2) is 4.79 Å². The fourth-order valence-electron chi connectivity index (χ4n) is 3.39. The maximum Gasteiger partial charge on any atom is 0.326 e. The predicted octanol–water partition coefficient (Wildman–Crippen LogP) is -2.51. The number of rotatable bonds is 18. The van der Waals surface area contributed by atoms with E-state index in [1.54, 1.807) is 30.3 Å². The molecule has 11 N–H and O–H groups in total. The van der Waals surface area contributed by atoms with E-state index in [9.17, 15) is 38.7 Å². The second-order valence-corrected chi connectivity index (χ2v) is 8.76. The molecule has 5 amide bonds. The molecule has 1 aromatic rings. The number of carbonyl (C=O) groups excluding carboxylic acids is 5. The first-order chi connectivity index (χ1) is 18.3. The molecule has 0 aliphatic heterocycles. The summed E-state index contributed by atoms with van der Waals surface area (Å²) in [5.41, 5.74) is 16.6. The van der Waals surface area contributed by atoms with Gasteiger partial charge in [0.05, 0.1) is 6.04 Å². The van der Waals surface area contributed by atoms with Crippen molar-refractivity contribution in [3.63, 3.8) is 0 Å². The Morgan fingerprint density at radius 2 is 1.15 bits per heavy atom. The first-order valence-electron chi connectivity index (χ1n) is 12.0. The lowest BCUT2D eigenvalue weighted by atomic mass is 10.0. The number of benzene rings is 1. The molecule has 15 nitrogen and oxygen atoms in total. The molecule has 1 rings (SSSR count). The lowest BCUT2D eigenvalue weighted by Crippen LogP contribution is -2.57. The van der Waals surface area contributed by atoms with E-state index in [1.165, 1.54) is 0 Å². The van der Waals surface area contributed by atoms with Gasteiger partial charge in [0.15, 0.2) is 0 Å². The molecule has 0 radical (unpaired) electrons. The second kappa shape index (κ2) is 16.3. The van der Waals surface area contributed by atoms with E-state index in [-0.39, 0.29) is 44.9 Å². The van der Waals surface area contributed by atoms with Gasteiger partial charge in [-0.1, -0.05) is 30.3 Å². The topological polar surface area (TPSA) is 274 Å². The smallest absolute Gasteiger partial charge is 0.326 e. The highest BCUT2D eigenvalue weighted by Gasteiger charge is 2.31. The van der Waals surface area contributed by atoms with Crippen LogP contribution in [-0.4, -0.2) is 75.9 Å². The number of carbonyl (C=O) groups is 7. The SMILES string of the molecule is NC(=O)CCC(NC(=O)C(CCC(N)=O)NC(=O)C(Cc1ccccc1)NC(=O)C(N)CCC(=O)O)C(=O)O. The lowest BCUT2D eigenvalue weighted by molar-refractivity contribution is -0.143. The van der Waals surface area contributed by atoms with Crippen LogP contribution in [0.1, 0.15) is 44.1 Å². The summed E-state index contributed by atoms with van der Waals surface area (Å²) < 4.78 is 0. The monoisotopic (exact) mass is 550 g/mol. The molecule has 4 unspecified atom stereocenters. The third-order valence-corrected chi connectivity index (χ3v) is 5.53. The fourth-order valence-corrected chi connectivity index (χ4v) is 3.39. The van der Waals surface area contributed by atoms with Gasteiger partial charge in [0.2, 0.25) is 29.5 Å². The summed E-state index contributed by atoms with van der Waals surface area (Å²) >= 11 is 0. The third-order valence-electron chi connectivity index (χ3n) is 5.53. The summed E-state index contributed by atoms with van der Waals surface area (Å²) in [6, 6.07) is 3.06. The first-order valence-corrected chi connectivity index (χ1v) is 12.0. The van der Waals surface area contributed by atoms with Gasteiger partial charge in [0, 0.05) is 25.7 Å². The Balaban J connectivity index is 3.12. The zero-order valence-corrected chi connectivity index (χ0v) is 21.1. The average molecular weight is 551 g/mol. The first kappa shape index (κ1) is 32.5. The zero-order chi connectivity index (χ0) is 29.5. The van der Waals surface area contributed by atoms with Gasteiger partial charge < -0.3 is 43.4 Å². The molecule has 15 heteroatoms. The minimum absolute atomic E-state index is 0.0371. The van der Waals surface area contributed by atoms with Gasteiger partial charge in [0.1, 0.15) is 18.1 Å². The number of amides is 5. The van der Waals surface area contributed by atoms with Crippen LogP contribution in [0.2, 0.25) is 0 Å². The van der Waals surface area contributed by atoms with Crippen molar-refractivity contribution in [2.75, 3.05) is 0 Å². The largest absolute Gasteiger partial charge is 0.481 e. The number of carboxylic acid groups (broad SMARTS) is 2. The summed E-state index contributed by atoms with van der Waals surface area (Å²) in [7, 11) is 0. The molecular weight excluding hydrogens is 516 g/mol. The Bertz CT molecular complexity index is 1050. The zero-order valence-electron chi connectivity index (χ0n) is 21.1. The van der Waals surface area contributed by atoms with Crippen molar-refractivity contribution in [2.45, 2.75) is 69.1 Å². The average Bonchev–Trinajstić information content (AvgIpc) is 2.86. The normalized spacial score (nSPS) is 13.7. The van der Waals surface area contributed by atoms with Crippen molar-refractivity contribution in [1.29, 1.82) is 0 Å². The van der Waals surface area contributed by atoms with Crippen LogP contribution in [0.25, 0.3) is 0 Å². The number of nitrogens with one attached hydrogen (secondary N) is 3. The maximum atomic E-state index is 13.2.